The SMILES string of the molecule is CS(=O)(=O)N1CCC(C(=O)NCCc2cccc(F)c2)CC1. The fraction of sp³-hybridized carbons (Fsp3) is 0.533. The first kappa shape index (κ1) is 16.9. The van der Waals surface area contributed by atoms with Crippen LogP contribution in [0.5, 0.6) is 0 Å². The maximum Gasteiger partial charge on any atom is 0.223 e. The Morgan fingerprint density at radius 3 is 2.64 bits per heavy atom. The van der Waals surface area contributed by atoms with Crippen LogP contribution in [-0.2, 0) is 21.2 Å². The quantitative estimate of drug-likeness (QED) is 0.882. The zero-order valence-corrected chi connectivity index (χ0v) is 13.4. The number of hydrogen-bond donors (Lipinski definition) is 1. The molecule has 1 aliphatic rings. The maximum atomic E-state index is 13.0. The van der Waals surface area contributed by atoms with Crippen molar-refractivity contribution in [1.29, 1.82) is 0 Å². The van der Waals surface area contributed by atoms with Gasteiger partial charge in [0.25, 0.3) is 0 Å². The number of nitrogens with zero attached hydrogens (tertiary/aromatic N) is 1. The summed E-state index contributed by atoms with van der Waals surface area (Å²) in [5, 5.41) is 2.84. The maximum absolute atomic E-state index is 13.0. The topological polar surface area (TPSA) is 66.5 Å². The molecular formula is C15H21FN2O3S. The van der Waals surface area contributed by atoms with Crippen molar-refractivity contribution in [2.24, 2.45) is 5.92 Å². The van der Waals surface area contributed by atoms with Gasteiger partial charge in [-0.3, -0.25) is 4.79 Å². The van der Waals surface area contributed by atoms with Crippen molar-refractivity contribution in [2.45, 2.75) is 19.3 Å². The summed E-state index contributed by atoms with van der Waals surface area (Å²) in [4.78, 5) is 12.1. The van der Waals surface area contributed by atoms with E-state index in [0.29, 0.717) is 38.9 Å². The van der Waals surface area contributed by atoms with Crippen LogP contribution in [0.15, 0.2) is 24.3 Å². The third kappa shape index (κ3) is 4.78. The number of benzene rings is 1. The molecule has 1 N–H and O–H groups in total. The van der Waals surface area contributed by atoms with E-state index in [1.54, 1.807) is 6.07 Å². The second-order valence-electron chi connectivity index (χ2n) is 5.61. The normalized spacial score (nSPS) is 17.4. The summed E-state index contributed by atoms with van der Waals surface area (Å²) in [6, 6.07) is 6.31. The highest BCUT2D eigenvalue weighted by molar-refractivity contribution is 7.88. The largest absolute Gasteiger partial charge is 0.356 e. The van der Waals surface area contributed by atoms with Crippen LogP contribution >= 0.6 is 0 Å². The molecule has 1 aromatic carbocycles. The van der Waals surface area contributed by atoms with Crippen molar-refractivity contribution >= 4 is 15.9 Å². The highest BCUT2D eigenvalue weighted by atomic mass is 32.2. The molecule has 1 aromatic rings. The van der Waals surface area contributed by atoms with Crippen molar-refractivity contribution in [3.8, 4) is 0 Å². The fourth-order valence-electron chi connectivity index (χ4n) is 2.62. The summed E-state index contributed by atoms with van der Waals surface area (Å²) < 4.78 is 37.3. The van der Waals surface area contributed by atoms with Gasteiger partial charge in [-0.25, -0.2) is 17.1 Å². The molecular weight excluding hydrogens is 307 g/mol. The van der Waals surface area contributed by atoms with Crippen LogP contribution in [0.4, 0.5) is 4.39 Å². The highest BCUT2D eigenvalue weighted by Crippen LogP contribution is 2.19. The first-order valence-electron chi connectivity index (χ1n) is 7.33. The van der Waals surface area contributed by atoms with E-state index in [1.807, 2.05) is 6.07 Å². The number of nitrogens with one attached hydrogen (secondary N) is 1. The number of halogens is 1. The van der Waals surface area contributed by atoms with Gasteiger partial charge in [-0.1, -0.05) is 12.1 Å². The van der Waals surface area contributed by atoms with E-state index in [1.165, 1.54) is 22.7 Å². The van der Waals surface area contributed by atoms with Gasteiger partial charge in [-0.2, -0.15) is 0 Å². The Morgan fingerprint density at radius 2 is 2.05 bits per heavy atom. The molecule has 1 amide bonds. The van der Waals surface area contributed by atoms with Gasteiger partial charge >= 0.3 is 0 Å². The standard InChI is InChI=1S/C15H21FN2O3S/c1-22(20,21)18-9-6-13(7-10-18)15(19)17-8-5-12-3-2-4-14(16)11-12/h2-4,11,13H,5-10H2,1H3,(H,17,19). The summed E-state index contributed by atoms with van der Waals surface area (Å²) in [6.45, 7) is 1.23. The predicted molar refractivity (Wildman–Crippen MR) is 82.3 cm³/mol. The second-order valence-corrected chi connectivity index (χ2v) is 7.59. The second kappa shape index (κ2) is 7.19. The number of sulfonamides is 1. The van der Waals surface area contributed by atoms with Crippen LogP contribution in [0.1, 0.15) is 18.4 Å². The van der Waals surface area contributed by atoms with Crippen molar-refractivity contribution in [3.63, 3.8) is 0 Å². The summed E-state index contributed by atoms with van der Waals surface area (Å²) in [5.74, 6) is -0.480. The van der Waals surface area contributed by atoms with E-state index in [0.717, 1.165) is 5.56 Å². The zero-order chi connectivity index (χ0) is 16.2. The average Bonchev–Trinajstić information content (AvgIpc) is 2.46. The van der Waals surface area contributed by atoms with Crippen LogP contribution in [0.25, 0.3) is 0 Å². The Hall–Kier alpha value is -1.47. The van der Waals surface area contributed by atoms with Gasteiger partial charge in [-0.15, -0.1) is 0 Å². The minimum atomic E-state index is -3.17. The van der Waals surface area contributed by atoms with E-state index in [-0.39, 0.29) is 17.6 Å². The average molecular weight is 328 g/mol. The number of hydrogen-bond acceptors (Lipinski definition) is 3. The molecule has 0 atom stereocenters. The van der Waals surface area contributed by atoms with Gasteiger partial charge in [0.1, 0.15) is 5.82 Å². The molecule has 1 aliphatic heterocycles. The van der Waals surface area contributed by atoms with Gasteiger partial charge in [-0.05, 0) is 37.0 Å². The molecule has 122 valence electrons. The Balaban J connectivity index is 1.75. The number of piperidine rings is 1. The minimum Gasteiger partial charge on any atom is -0.356 e. The monoisotopic (exact) mass is 328 g/mol. The lowest BCUT2D eigenvalue weighted by atomic mass is 9.97. The molecule has 0 aromatic heterocycles. The predicted octanol–water partition coefficient (Wildman–Crippen LogP) is 1.16. The molecule has 1 saturated heterocycles. The van der Waals surface area contributed by atoms with Crippen LogP contribution in [0.2, 0.25) is 0 Å². The van der Waals surface area contributed by atoms with Crippen molar-refractivity contribution < 1.29 is 17.6 Å². The zero-order valence-electron chi connectivity index (χ0n) is 12.6. The lowest BCUT2D eigenvalue weighted by molar-refractivity contribution is -0.126. The molecule has 0 bridgehead atoms. The van der Waals surface area contributed by atoms with Gasteiger partial charge in [0.15, 0.2) is 0 Å². The first-order valence-corrected chi connectivity index (χ1v) is 9.18. The number of amides is 1. The molecule has 0 unspecified atom stereocenters. The van der Waals surface area contributed by atoms with Gasteiger partial charge in [0.05, 0.1) is 6.26 Å². The third-order valence-corrected chi connectivity index (χ3v) is 5.20. The van der Waals surface area contributed by atoms with E-state index in [9.17, 15) is 17.6 Å². The summed E-state index contributed by atoms with van der Waals surface area (Å²) >= 11 is 0. The van der Waals surface area contributed by atoms with Gasteiger partial charge < -0.3 is 5.32 Å². The molecule has 7 heteroatoms. The third-order valence-electron chi connectivity index (χ3n) is 3.90. The molecule has 1 fully saturated rings. The highest BCUT2D eigenvalue weighted by Gasteiger charge is 2.28. The van der Waals surface area contributed by atoms with Gasteiger partial charge in [0.2, 0.25) is 15.9 Å². The molecule has 22 heavy (non-hydrogen) atoms. The molecule has 5 nitrogen and oxygen atoms in total. The molecule has 0 aliphatic carbocycles. The van der Waals surface area contributed by atoms with Crippen LogP contribution in [0.3, 0.4) is 0 Å². The molecule has 0 spiro atoms. The van der Waals surface area contributed by atoms with E-state index < -0.39 is 10.0 Å². The van der Waals surface area contributed by atoms with E-state index >= 15 is 0 Å². The van der Waals surface area contributed by atoms with Crippen LogP contribution < -0.4 is 5.32 Å². The summed E-state index contributed by atoms with van der Waals surface area (Å²) in [6.07, 6.45) is 2.84. The van der Waals surface area contributed by atoms with Gasteiger partial charge in [0, 0.05) is 25.6 Å². The minimum absolute atomic E-state index is 0.0513. The number of carbonyl (C=O) groups excluding carboxylic acids is 1. The Kier molecular flexibility index (Phi) is 5.52. The fourth-order valence-corrected chi connectivity index (χ4v) is 3.49. The first-order chi connectivity index (χ1) is 10.4. The lowest BCUT2D eigenvalue weighted by Crippen LogP contribution is -2.42. The Labute approximate surface area is 130 Å². The van der Waals surface area contributed by atoms with Crippen molar-refractivity contribution in [1.82, 2.24) is 9.62 Å². The number of rotatable bonds is 5. The van der Waals surface area contributed by atoms with E-state index in [2.05, 4.69) is 5.32 Å². The summed E-state index contributed by atoms with van der Waals surface area (Å²) in [7, 11) is -3.17. The van der Waals surface area contributed by atoms with Crippen molar-refractivity contribution in [2.75, 3.05) is 25.9 Å². The summed E-state index contributed by atoms with van der Waals surface area (Å²) in [5.41, 5.74) is 0.840. The Bertz CT molecular complexity index is 625. The smallest absolute Gasteiger partial charge is 0.223 e. The molecule has 1 heterocycles. The molecule has 0 radical (unpaired) electrons. The Morgan fingerprint density at radius 1 is 1.36 bits per heavy atom. The van der Waals surface area contributed by atoms with Crippen LogP contribution in [-0.4, -0.2) is 44.5 Å². The van der Waals surface area contributed by atoms with Crippen LogP contribution in [0, 0.1) is 11.7 Å². The number of carbonyl (C=O) groups is 1. The lowest BCUT2D eigenvalue weighted by Gasteiger charge is -2.29. The van der Waals surface area contributed by atoms with E-state index in [4.69, 9.17) is 0 Å². The van der Waals surface area contributed by atoms with Crippen molar-refractivity contribution in [3.05, 3.63) is 35.6 Å². The molecule has 2 rings (SSSR count). The molecule has 0 saturated carbocycles.